The van der Waals surface area contributed by atoms with Gasteiger partial charge < -0.3 is 19.7 Å². The number of methoxy groups -OCH3 is 1. The van der Waals surface area contributed by atoms with Crippen molar-refractivity contribution in [1.82, 2.24) is 15.1 Å². The molecule has 2 saturated heterocycles. The minimum Gasteiger partial charge on any atom is -0.497 e. The van der Waals surface area contributed by atoms with Gasteiger partial charge in [-0.1, -0.05) is 23.9 Å². The summed E-state index contributed by atoms with van der Waals surface area (Å²) in [6, 6.07) is 8.08. The summed E-state index contributed by atoms with van der Waals surface area (Å²) in [5, 5.41) is 3.12. The molecule has 2 fully saturated rings. The van der Waals surface area contributed by atoms with E-state index in [2.05, 4.69) is 10.2 Å². The van der Waals surface area contributed by atoms with Crippen LogP contribution in [-0.4, -0.2) is 79.7 Å². The Morgan fingerprint density at radius 2 is 2.00 bits per heavy atom. The zero-order valence-corrected chi connectivity index (χ0v) is 16.5. The van der Waals surface area contributed by atoms with Crippen LogP contribution in [0.25, 0.3) is 0 Å². The molecule has 0 spiro atoms. The lowest BCUT2D eigenvalue weighted by molar-refractivity contribution is -0.121. The number of morpholine rings is 1. The number of amides is 2. The van der Waals surface area contributed by atoms with Gasteiger partial charge in [-0.2, -0.15) is 0 Å². The fourth-order valence-electron chi connectivity index (χ4n) is 3.34. The highest BCUT2D eigenvalue weighted by Crippen LogP contribution is 2.24. The Labute approximate surface area is 164 Å². The Morgan fingerprint density at radius 1 is 1.26 bits per heavy atom. The molecule has 3 rings (SSSR count). The van der Waals surface area contributed by atoms with Gasteiger partial charge in [0.2, 0.25) is 5.91 Å². The fourth-order valence-corrected chi connectivity index (χ4v) is 4.19. The lowest BCUT2D eigenvalue weighted by atomic mass is 10.0. The van der Waals surface area contributed by atoms with E-state index in [9.17, 15) is 9.59 Å². The SMILES string of the molecule is COc1ccc(C(CNC(=O)CCN2CCSC2=O)N2CCOCC2)cc1. The Kier molecular flexibility index (Phi) is 7.37. The van der Waals surface area contributed by atoms with Crippen molar-refractivity contribution < 1.29 is 19.1 Å². The lowest BCUT2D eigenvalue weighted by Crippen LogP contribution is -2.44. The van der Waals surface area contributed by atoms with E-state index in [1.165, 1.54) is 11.8 Å². The summed E-state index contributed by atoms with van der Waals surface area (Å²) >= 11 is 1.32. The number of nitrogens with one attached hydrogen (secondary N) is 1. The molecule has 148 valence electrons. The number of benzene rings is 1. The monoisotopic (exact) mass is 393 g/mol. The molecule has 0 saturated carbocycles. The maximum Gasteiger partial charge on any atom is 0.281 e. The van der Waals surface area contributed by atoms with Crippen molar-refractivity contribution in [3.8, 4) is 5.75 Å². The largest absolute Gasteiger partial charge is 0.497 e. The van der Waals surface area contributed by atoms with E-state index < -0.39 is 0 Å². The Balaban J connectivity index is 1.56. The van der Waals surface area contributed by atoms with Crippen molar-refractivity contribution in [2.24, 2.45) is 0 Å². The second kappa shape index (κ2) is 9.96. The third-order valence-electron chi connectivity index (χ3n) is 4.93. The minimum absolute atomic E-state index is 0.0218. The third-order valence-corrected chi connectivity index (χ3v) is 5.83. The van der Waals surface area contributed by atoms with Crippen molar-refractivity contribution in [3.63, 3.8) is 0 Å². The molecule has 0 bridgehead atoms. The lowest BCUT2D eigenvalue weighted by Gasteiger charge is -2.35. The van der Waals surface area contributed by atoms with Crippen LogP contribution in [0.1, 0.15) is 18.0 Å². The molecule has 0 aliphatic carbocycles. The predicted octanol–water partition coefficient (Wildman–Crippen LogP) is 1.74. The molecule has 2 aliphatic rings. The third kappa shape index (κ3) is 5.60. The average Bonchev–Trinajstić information content (AvgIpc) is 3.12. The number of carbonyl (C=O) groups excluding carboxylic acids is 2. The van der Waals surface area contributed by atoms with Gasteiger partial charge >= 0.3 is 0 Å². The van der Waals surface area contributed by atoms with E-state index in [1.807, 2.05) is 24.3 Å². The number of carbonyl (C=O) groups is 2. The summed E-state index contributed by atoms with van der Waals surface area (Å²) in [5.41, 5.74) is 1.14. The summed E-state index contributed by atoms with van der Waals surface area (Å²) in [5.74, 6) is 1.61. The second-order valence-corrected chi connectivity index (χ2v) is 7.64. The van der Waals surface area contributed by atoms with Crippen LogP contribution < -0.4 is 10.1 Å². The Hall–Kier alpha value is -1.77. The van der Waals surface area contributed by atoms with Crippen LogP contribution in [0.2, 0.25) is 0 Å². The van der Waals surface area contributed by atoms with Gasteiger partial charge in [-0.05, 0) is 17.7 Å². The van der Waals surface area contributed by atoms with Crippen LogP contribution in [0, 0.1) is 0 Å². The second-order valence-electron chi connectivity index (χ2n) is 6.59. The van der Waals surface area contributed by atoms with Gasteiger partial charge in [0.05, 0.1) is 26.4 Å². The van der Waals surface area contributed by atoms with E-state index in [4.69, 9.17) is 9.47 Å². The smallest absolute Gasteiger partial charge is 0.281 e. The van der Waals surface area contributed by atoms with Crippen molar-refractivity contribution in [2.45, 2.75) is 12.5 Å². The van der Waals surface area contributed by atoms with Gasteiger partial charge in [-0.3, -0.25) is 14.5 Å². The zero-order chi connectivity index (χ0) is 19.1. The van der Waals surface area contributed by atoms with Gasteiger partial charge in [0, 0.05) is 44.9 Å². The number of hydrogen-bond donors (Lipinski definition) is 1. The first kappa shape index (κ1) is 20.0. The standard InChI is InChI=1S/C19H27N3O4S/c1-25-16-4-2-15(3-5-16)17(21-8-11-26-12-9-21)14-20-18(23)6-7-22-10-13-27-19(22)24/h2-5,17H,6-14H2,1H3,(H,20,23). The van der Waals surface area contributed by atoms with Gasteiger partial charge in [0.25, 0.3) is 5.24 Å². The topological polar surface area (TPSA) is 71.1 Å². The molecule has 1 N–H and O–H groups in total. The molecule has 7 nitrogen and oxygen atoms in total. The number of nitrogens with zero attached hydrogens (tertiary/aromatic N) is 2. The molecule has 1 aromatic rings. The van der Waals surface area contributed by atoms with E-state index in [1.54, 1.807) is 12.0 Å². The molecule has 0 aromatic heterocycles. The maximum atomic E-state index is 12.3. The molecule has 1 unspecified atom stereocenters. The van der Waals surface area contributed by atoms with E-state index in [-0.39, 0.29) is 17.2 Å². The van der Waals surface area contributed by atoms with Crippen LogP contribution in [0.15, 0.2) is 24.3 Å². The van der Waals surface area contributed by atoms with Gasteiger partial charge in [-0.15, -0.1) is 0 Å². The minimum atomic E-state index is -0.0218. The quantitative estimate of drug-likeness (QED) is 0.726. The first-order valence-corrected chi connectivity index (χ1v) is 10.3. The summed E-state index contributed by atoms with van der Waals surface area (Å²) in [4.78, 5) is 28.0. The molecule has 2 aliphatic heterocycles. The van der Waals surface area contributed by atoms with E-state index in [0.29, 0.717) is 32.7 Å². The first-order valence-electron chi connectivity index (χ1n) is 9.31. The van der Waals surface area contributed by atoms with Crippen molar-refractivity contribution in [1.29, 1.82) is 0 Å². The fraction of sp³-hybridized carbons (Fsp3) is 0.579. The summed E-state index contributed by atoms with van der Waals surface area (Å²) in [6.45, 7) is 4.85. The first-order chi connectivity index (χ1) is 13.2. The highest BCUT2D eigenvalue weighted by atomic mass is 32.2. The van der Waals surface area contributed by atoms with Gasteiger partial charge in [-0.25, -0.2) is 0 Å². The molecular formula is C19H27N3O4S. The van der Waals surface area contributed by atoms with Crippen LogP contribution in [0.4, 0.5) is 4.79 Å². The van der Waals surface area contributed by atoms with Crippen LogP contribution in [0.5, 0.6) is 5.75 Å². The summed E-state index contributed by atoms with van der Waals surface area (Å²) in [6.07, 6.45) is 0.338. The summed E-state index contributed by atoms with van der Waals surface area (Å²) in [7, 11) is 1.65. The summed E-state index contributed by atoms with van der Waals surface area (Å²) < 4.78 is 10.7. The van der Waals surface area contributed by atoms with Crippen LogP contribution >= 0.6 is 11.8 Å². The predicted molar refractivity (Wildman–Crippen MR) is 105 cm³/mol. The Bertz CT molecular complexity index is 634. The van der Waals surface area contributed by atoms with Crippen molar-refractivity contribution in [2.75, 3.05) is 58.8 Å². The molecular weight excluding hydrogens is 366 g/mol. The molecule has 8 heteroatoms. The molecule has 27 heavy (non-hydrogen) atoms. The van der Waals surface area contributed by atoms with Gasteiger partial charge in [0.1, 0.15) is 5.75 Å². The van der Waals surface area contributed by atoms with Gasteiger partial charge in [0.15, 0.2) is 0 Å². The highest BCUT2D eigenvalue weighted by Gasteiger charge is 2.24. The molecule has 1 atom stereocenters. The normalized spacial score (nSPS) is 19.1. The number of thioether (sulfide) groups is 1. The molecule has 0 radical (unpaired) electrons. The molecule has 2 amide bonds. The van der Waals surface area contributed by atoms with Crippen molar-refractivity contribution >= 4 is 22.9 Å². The van der Waals surface area contributed by atoms with E-state index in [0.717, 1.165) is 36.7 Å². The number of hydrogen-bond acceptors (Lipinski definition) is 6. The highest BCUT2D eigenvalue weighted by molar-refractivity contribution is 8.13. The maximum absolute atomic E-state index is 12.3. The average molecular weight is 394 g/mol. The Morgan fingerprint density at radius 3 is 2.63 bits per heavy atom. The zero-order valence-electron chi connectivity index (χ0n) is 15.7. The van der Waals surface area contributed by atoms with Crippen LogP contribution in [0.3, 0.4) is 0 Å². The number of ether oxygens (including phenoxy) is 2. The molecule has 2 heterocycles. The van der Waals surface area contributed by atoms with E-state index >= 15 is 0 Å². The molecule has 1 aromatic carbocycles. The van der Waals surface area contributed by atoms with Crippen molar-refractivity contribution in [3.05, 3.63) is 29.8 Å². The van der Waals surface area contributed by atoms with Crippen LogP contribution in [-0.2, 0) is 9.53 Å². The number of rotatable bonds is 8.